The minimum atomic E-state index is -1.14. The highest BCUT2D eigenvalue weighted by Gasteiger charge is 2.36. The van der Waals surface area contributed by atoms with Gasteiger partial charge in [-0.05, 0) is 23.4 Å². The van der Waals surface area contributed by atoms with Crippen LogP contribution in [-0.2, 0) is 11.2 Å². The summed E-state index contributed by atoms with van der Waals surface area (Å²) < 4.78 is 28.4. The predicted octanol–water partition coefficient (Wildman–Crippen LogP) is 4.33. The molecule has 25 heavy (non-hydrogen) atoms. The van der Waals surface area contributed by atoms with E-state index in [1.165, 1.54) is 5.01 Å². The molecule has 0 aliphatic carbocycles. The lowest BCUT2D eigenvalue weighted by atomic mass is 9.97. The number of hydrogen-bond donors (Lipinski definition) is 1. The summed E-state index contributed by atoms with van der Waals surface area (Å²) in [6.45, 7) is 0.0298. The number of hydrogen-bond acceptors (Lipinski definition) is 3. The van der Waals surface area contributed by atoms with Crippen LogP contribution in [-0.4, -0.2) is 29.6 Å². The van der Waals surface area contributed by atoms with Gasteiger partial charge in [-0.25, -0.2) is 13.8 Å². The monoisotopic (exact) mass is 384 g/mol. The molecule has 0 saturated carbocycles. The largest absolute Gasteiger partial charge is 0.297 e. The number of nitrogens with one attached hydrogen (secondary N) is 1. The molecule has 7 heteroatoms. The van der Waals surface area contributed by atoms with Crippen molar-refractivity contribution < 1.29 is 13.6 Å². The van der Waals surface area contributed by atoms with Crippen LogP contribution >= 0.6 is 23.4 Å². The fourth-order valence-corrected chi connectivity index (χ4v) is 3.52. The van der Waals surface area contributed by atoms with Gasteiger partial charge >= 0.3 is 0 Å². The summed E-state index contributed by atoms with van der Waals surface area (Å²) in [5.74, 6) is -0.785. The van der Waals surface area contributed by atoms with Crippen LogP contribution in [0.2, 0.25) is 5.02 Å². The van der Waals surface area contributed by atoms with Crippen LogP contribution in [0.5, 0.6) is 0 Å². The maximum Gasteiger partial charge on any atom is 0.155 e. The third-order valence-electron chi connectivity index (χ3n) is 4.34. The Hall–Kier alpha value is -1.53. The number of Topliss-reactive ketones (excluding diaryl/α,β-unsaturated/α-hetero) is 1. The quantitative estimate of drug-likeness (QED) is 0.778. The molecule has 0 aromatic heterocycles. The Kier molecular flexibility index (Phi) is 5.69. The van der Waals surface area contributed by atoms with Crippen LogP contribution in [0.15, 0.2) is 42.5 Å². The zero-order valence-electron chi connectivity index (χ0n) is 13.2. The molecule has 1 aliphatic rings. The molecule has 0 radical (unpaired) electrons. The molecule has 2 aromatic rings. The first-order chi connectivity index (χ1) is 12.0. The molecule has 3 nitrogen and oxygen atoms in total. The number of ketones is 1. The van der Waals surface area contributed by atoms with E-state index >= 15 is 0 Å². The maximum atomic E-state index is 14.9. The fourth-order valence-electron chi connectivity index (χ4n) is 3.09. The number of benzene rings is 2. The number of carbonyl (C=O) groups is 1. The predicted molar refractivity (Wildman–Crippen MR) is 94.6 cm³/mol. The SMILES string of the molecule is O=C(Cc1cccc(-c2ccccc2Cl)c1F)[C@@H]1C[C@@H](F)CN1NCl. The van der Waals surface area contributed by atoms with Crippen molar-refractivity contribution in [2.45, 2.75) is 25.1 Å². The first-order valence-electron chi connectivity index (χ1n) is 7.83. The molecule has 1 N–H and O–H groups in total. The molecule has 1 aliphatic heterocycles. The van der Waals surface area contributed by atoms with Gasteiger partial charge in [0.05, 0.1) is 6.04 Å². The Morgan fingerprint density at radius 1 is 1.20 bits per heavy atom. The summed E-state index contributed by atoms with van der Waals surface area (Å²) >= 11 is 11.7. The van der Waals surface area contributed by atoms with Gasteiger partial charge in [0.25, 0.3) is 0 Å². The van der Waals surface area contributed by atoms with Crippen LogP contribution in [0.4, 0.5) is 8.78 Å². The van der Waals surface area contributed by atoms with Gasteiger partial charge in [-0.2, -0.15) is 4.94 Å². The zero-order chi connectivity index (χ0) is 18.0. The van der Waals surface area contributed by atoms with Crippen molar-refractivity contribution in [3.8, 4) is 11.1 Å². The van der Waals surface area contributed by atoms with Gasteiger partial charge in [-0.3, -0.25) is 4.79 Å². The molecule has 2 atom stereocenters. The summed E-state index contributed by atoms with van der Waals surface area (Å²) in [7, 11) is 0. The summed E-state index contributed by atoms with van der Waals surface area (Å²) in [5, 5.41) is 1.77. The lowest BCUT2D eigenvalue weighted by Gasteiger charge is -2.20. The third-order valence-corrected chi connectivity index (χ3v) is 4.88. The molecule has 0 amide bonds. The van der Waals surface area contributed by atoms with Gasteiger partial charge in [0.1, 0.15) is 12.0 Å². The summed E-state index contributed by atoms with van der Waals surface area (Å²) in [6, 6.07) is 11.1. The van der Waals surface area contributed by atoms with Crippen LogP contribution in [0.25, 0.3) is 11.1 Å². The van der Waals surface area contributed by atoms with Gasteiger partial charge in [-0.15, -0.1) is 0 Å². The number of halogens is 4. The van der Waals surface area contributed by atoms with Crippen molar-refractivity contribution in [3.05, 3.63) is 58.9 Å². The standard InChI is InChI=1S/C18H16Cl2F2N2O/c19-15-7-2-1-5-13(15)14-6-3-4-11(18(14)22)8-17(25)16-9-12(21)10-24(16)23-20/h1-7,12,16,23H,8-10H2/t12-,16+/m1/s1. The minimum Gasteiger partial charge on any atom is -0.297 e. The Bertz CT molecular complexity index is 787. The maximum absolute atomic E-state index is 14.9. The first-order valence-corrected chi connectivity index (χ1v) is 8.59. The van der Waals surface area contributed by atoms with E-state index in [-0.39, 0.29) is 30.7 Å². The highest BCUT2D eigenvalue weighted by atomic mass is 35.5. The van der Waals surface area contributed by atoms with Crippen LogP contribution in [0, 0.1) is 5.82 Å². The Labute approximate surface area is 154 Å². The van der Waals surface area contributed by atoms with Crippen LogP contribution < -0.4 is 4.94 Å². The molecular weight excluding hydrogens is 369 g/mol. The zero-order valence-corrected chi connectivity index (χ0v) is 14.7. The molecular formula is C18H16Cl2F2N2O. The van der Waals surface area contributed by atoms with Crippen molar-refractivity contribution in [1.82, 2.24) is 9.95 Å². The minimum absolute atomic E-state index is 0.0298. The second kappa shape index (κ2) is 7.79. The molecule has 0 bridgehead atoms. The van der Waals surface area contributed by atoms with Crippen LogP contribution in [0.3, 0.4) is 0 Å². The van der Waals surface area contributed by atoms with Gasteiger partial charge in [0.2, 0.25) is 0 Å². The van der Waals surface area contributed by atoms with Gasteiger partial charge in [-0.1, -0.05) is 48.0 Å². The van der Waals surface area contributed by atoms with Gasteiger partial charge in [0.15, 0.2) is 5.78 Å². The Morgan fingerprint density at radius 2 is 1.92 bits per heavy atom. The van der Waals surface area contributed by atoms with E-state index in [0.717, 1.165) is 0 Å². The fraction of sp³-hybridized carbons (Fsp3) is 0.278. The molecule has 132 valence electrons. The number of carbonyl (C=O) groups excluding carboxylic acids is 1. The van der Waals surface area contributed by atoms with E-state index in [0.29, 0.717) is 16.1 Å². The number of rotatable bonds is 5. The van der Waals surface area contributed by atoms with E-state index in [9.17, 15) is 13.6 Å². The van der Waals surface area contributed by atoms with Crippen molar-refractivity contribution >= 4 is 29.2 Å². The molecule has 0 unspecified atom stereocenters. The highest BCUT2D eigenvalue weighted by molar-refractivity contribution is 6.33. The van der Waals surface area contributed by atoms with E-state index in [1.54, 1.807) is 42.5 Å². The highest BCUT2D eigenvalue weighted by Crippen LogP contribution is 2.31. The van der Waals surface area contributed by atoms with Crippen molar-refractivity contribution in [2.24, 2.45) is 0 Å². The molecule has 1 heterocycles. The summed E-state index contributed by atoms with van der Waals surface area (Å²) in [5.41, 5.74) is 1.14. The normalized spacial score (nSPS) is 20.8. The average molecular weight is 385 g/mol. The Morgan fingerprint density at radius 3 is 2.64 bits per heavy atom. The molecule has 2 aromatic carbocycles. The van der Waals surface area contributed by atoms with Gasteiger partial charge < -0.3 is 0 Å². The lowest BCUT2D eigenvalue weighted by molar-refractivity contribution is -0.123. The van der Waals surface area contributed by atoms with E-state index in [1.807, 2.05) is 0 Å². The van der Waals surface area contributed by atoms with E-state index < -0.39 is 18.0 Å². The first kappa shape index (κ1) is 18.3. The number of alkyl halides is 1. The average Bonchev–Trinajstić information content (AvgIpc) is 2.98. The number of nitrogens with zero attached hydrogens (tertiary/aromatic N) is 1. The summed E-state index contributed by atoms with van der Waals surface area (Å²) in [6.07, 6.45) is -1.24. The molecule has 0 spiro atoms. The van der Waals surface area contributed by atoms with Crippen molar-refractivity contribution in [3.63, 3.8) is 0 Å². The van der Waals surface area contributed by atoms with Gasteiger partial charge in [0, 0.05) is 35.5 Å². The third kappa shape index (κ3) is 3.85. The van der Waals surface area contributed by atoms with E-state index in [4.69, 9.17) is 23.4 Å². The lowest BCUT2D eigenvalue weighted by Crippen LogP contribution is -2.42. The molecule has 1 saturated heterocycles. The van der Waals surface area contributed by atoms with Crippen molar-refractivity contribution in [1.29, 1.82) is 0 Å². The van der Waals surface area contributed by atoms with E-state index in [2.05, 4.69) is 4.94 Å². The van der Waals surface area contributed by atoms with Crippen LogP contribution in [0.1, 0.15) is 12.0 Å². The number of hydrazine groups is 1. The van der Waals surface area contributed by atoms with Crippen molar-refractivity contribution in [2.75, 3.05) is 6.54 Å². The Balaban J connectivity index is 1.86. The second-order valence-corrected chi connectivity index (χ2v) is 6.56. The summed E-state index contributed by atoms with van der Waals surface area (Å²) in [4.78, 5) is 14.8. The topological polar surface area (TPSA) is 32.3 Å². The smallest absolute Gasteiger partial charge is 0.155 e. The molecule has 3 rings (SSSR count). The second-order valence-electron chi connectivity index (χ2n) is 5.99. The molecule has 1 fully saturated rings.